The van der Waals surface area contributed by atoms with E-state index in [0.717, 1.165) is 53.9 Å². The van der Waals surface area contributed by atoms with Crippen LogP contribution < -0.4 is 4.90 Å². The van der Waals surface area contributed by atoms with Gasteiger partial charge >= 0.3 is 0 Å². The summed E-state index contributed by atoms with van der Waals surface area (Å²) in [7, 11) is 0. The number of hydrogen-bond acceptors (Lipinski definition) is 4. The number of benzene rings is 2. The van der Waals surface area contributed by atoms with Crippen LogP contribution in [0.4, 0.5) is 5.69 Å². The van der Waals surface area contributed by atoms with E-state index in [1.54, 1.807) is 6.92 Å². The predicted octanol–water partition coefficient (Wildman–Crippen LogP) is 3.76. The molecule has 3 heterocycles. The molecule has 1 aliphatic rings. The number of aromatic nitrogens is 3. The second kappa shape index (κ2) is 6.88. The van der Waals surface area contributed by atoms with Gasteiger partial charge in [0, 0.05) is 55.1 Å². The van der Waals surface area contributed by atoms with Gasteiger partial charge in [-0.1, -0.05) is 12.1 Å². The smallest absolute Gasteiger partial charge is 0.219 e. The van der Waals surface area contributed by atoms with E-state index in [0.29, 0.717) is 0 Å². The molecule has 0 atom stereocenters. The lowest BCUT2D eigenvalue weighted by Crippen LogP contribution is -2.48. The van der Waals surface area contributed by atoms with Crippen molar-refractivity contribution in [3.05, 3.63) is 54.2 Å². The highest BCUT2D eigenvalue weighted by molar-refractivity contribution is 5.89. The highest BCUT2D eigenvalue weighted by atomic mass is 16.2. The molecule has 0 bridgehead atoms. The monoisotopic (exact) mass is 385 g/mol. The minimum Gasteiger partial charge on any atom is -0.368 e. The van der Waals surface area contributed by atoms with Gasteiger partial charge in [0.25, 0.3) is 0 Å². The topological polar surface area (TPSA) is 65.1 Å². The number of fused-ring (bicyclic) bond motifs is 2. The number of rotatable bonds is 2. The molecule has 5 rings (SSSR count). The van der Waals surface area contributed by atoms with Gasteiger partial charge in [-0.3, -0.25) is 9.89 Å². The van der Waals surface area contributed by atoms with Crippen molar-refractivity contribution < 1.29 is 4.79 Å². The third-order valence-corrected chi connectivity index (χ3v) is 5.83. The number of anilines is 1. The molecule has 1 fully saturated rings. The van der Waals surface area contributed by atoms with Crippen LogP contribution in [-0.2, 0) is 4.79 Å². The number of nitrogens with zero attached hydrogens (tertiary/aromatic N) is 4. The molecule has 0 radical (unpaired) electrons. The van der Waals surface area contributed by atoms with Crippen LogP contribution in [0.5, 0.6) is 0 Å². The first kappa shape index (κ1) is 17.7. The average molecular weight is 385 g/mol. The van der Waals surface area contributed by atoms with Gasteiger partial charge < -0.3 is 9.80 Å². The van der Waals surface area contributed by atoms with Crippen LogP contribution in [0.25, 0.3) is 33.1 Å². The van der Waals surface area contributed by atoms with E-state index < -0.39 is 0 Å². The van der Waals surface area contributed by atoms with Crippen LogP contribution in [0.1, 0.15) is 12.5 Å². The second-order valence-corrected chi connectivity index (χ2v) is 7.69. The molecule has 0 saturated carbocycles. The lowest BCUT2D eigenvalue weighted by atomic mass is 10.0. The molecule has 0 spiro atoms. The van der Waals surface area contributed by atoms with Crippen LogP contribution in [0.3, 0.4) is 0 Å². The number of nitrogens with one attached hydrogen (secondary N) is 1. The van der Waals surface area contributed by atoms with Crippen LogP contribution in [-0.4, -0.2) is 52.2 Å². The van der Waals surface area contributed by atoms with Gasteiger partial charge in [0.05, 0.1) is 22.9 Å². The van der Waals surface area contributed by atoms with Crippen LogP contribution in [0, 0.1) is 6.92 Å². The van der Waals surface area contributed by atoms with Gasteiger partial charge in [-0.15, -0.1) is 0 Å². The van der Waals surface area contributed by atoms with Crippen molar-refractivity contribution in [2.75, 3.05) is 31.1 Å². The Hall–Kier alpha value is -3.41. The van der Waals surface area contributed by atoms with Crippen molar-refractivity contribution in [3.8, 4) is 11.3 Å². The Kier molecular flexibility index (Phi) is 4.19. The number of H-pyrrole nitrogens is 1. The van der Waals surface area contributed by atoms with E-state index in [1.807, 2.05) is 11.1 Å². The second-order valence-electron chi connectivity index (χ2n) is 7.69. The van der Waals surface area contributed by atoms with Crippen LogP contribution >= 0.6 is 0 Å². The molecule has 0 unspecified atom stereocenters. The summed E-state index contributed by atoms with van der Waals surface area (Å²) >= 11 is 0. The van der Waals surface area contributed by atoms with Gasteiger partial charge in [-0.05, 0) is 42.8 Å². The summed E-state index contributed by atoms with van der Waals surface area (Å²) in [6.45, 7) is 7.06. The summed E-state index contributed by atoms with van der Waals surface area (Å²) in [6, 6.07) is 14.9. The summed E-state index contributed by atoms with van der Waals surface area (Å²) in [6.07, 6.45) is 1.83. The van der Waals surface area contributed by atoms with Crippen molar-refractivity contribution in [1.29, 1.82) is 0 Å². The van der Waals surface area contributed by atoms with Crippen molar-refractivity contribution in [2.45, 2.75) is 13.8 Å². The maximum atomic E-state index is 11.6. The number of hydrogen-bond donors (Lipinski definition) is 1. The first-order chi connectivity index (χ1) is 14.1. The Balaban J connectivity index is 1.47. The number of aromatic amines is 1. The molecule has 4 aromatic rings. The Morgan fingerprint density at radius 1 is 1.03 bits per heavy atom. The number of piperazine rings is 1. The normalized spacial score (nSPS) is 14.7. The first-order valence-corrected chi connectivity index (χ1v) is 9.94. The van der Waals surface area contributed by atoms with Crippen LogP contribution in [0.15, 0.2) is 48.7 Å². The summed E-state index contributed by atoms with van der Waals surface area (Å²) in [5.74, 6) is 0.157. The fourth-order valence-electron chi connectivity index (χ4n) is 4.10. The summed E-state index contributed by atoms with van der Waals surface area (Å²) < 4.78 is 0. The van der Waals surface area contributed by atoms with E-state index >= 15 is 0 Å². The van der Waals surface area contributed by atoms with E-state index in [1.165, 1.54) is 16.6 Å². The summed E-state index contributed by atoms with van der Waals surface area (Å²) in [4.78, 5) is 20.7. The SMILES string of the molecule is CC(=O)N1CCN(c2ccc3nc(-c4ccc5cn[nH]c5c4)cc(C)c3c2)CC1. The molecule has 1 amide bonds. The van der Waals surface area contributed by atoms with Gasteiger partial charge in [-0.2, -0.15) is 5.10 Å². The fraction of sp³-hybridized carbons (Fsp3) is 0.261. The third kappa shape index (κ3) is 3.20. The number of amides is 1. The molecule has 2 aromatic carbocycles. The lowest BCUT2D eigenvalue weighted by molar-refractivity contribution is -0.129. The molecule has 29 heavy (non-hydrogen) atoms. The Bertz CT molecular complexity index is 1220. The summed E-state index contributed by atoms with van der Waals surface area (Å²) in [5, 5.41) is 9.39. The Morgan fingerprint density at radius 2 is 1.86 bits per heavy atom. The number of aryl methyl sites for hydroxylation is 1. The molecule has 0 aliphatic carbocycles. The van der Waals surface area contributed by atoms with Gasteiger partial charge in [0.15, 0.2) is 0 Å². The zero-order chi connectivity index (χ0) is 20.0. The molecular formula is C23H23N5O. The van der Waals surface area contributed by atoms with Crippen LogP contribution in [0.2, 0.25) is 0 Å². The predicted molar refractivity (Wildman–Crippen MR) is 116 cm³/mol. The highest BCUT2D eigenvalue weighted by Crippen LogP contribution is 2.29. The van der Waals surface area contributed by atoms with Gasteiger partial charge in [0.1, 0.15) is 0 Å². The van der Waals surface area contributed by atoms with Crippen molar-refractivity contribution in [1.82, 2.24) is 20.1 Å². The molecule has 146 valence electrons. The van der Waals surface area contributed by atoms with E-state index in [-0.39, 0.29) is 5.91 Å². The maximum absolute atomic E-state index is 11.6. The quantitative estimate of drug-likeness (QED) is 0.571. The average Bonchev–Trinajstić information content (AvgIpc) is 3.21. The fourth-order valence-corrected chi connectivity index (χ4v) is 4.10. The largest absolute Gasteiger partial charge is 0.368 e. The maximum Gasteiger partial charge on any atom is 0.219 e. The Morgan fingerprint density at radius 3 is 2.66 bits per heavy atom. The molecule has 1 saturated heterocycles. The van der Waals surface area contributed by atoms with Crippen molar-refractivity contribution >= 4 is 33.4 Å². The number of carbonyl (C=O) groups excluding carboxylic acids is 1. The zero-order valence-corrected chi connectivity index (χ0v) is 16.6. The molecule has 6 nitrogen and oxygen atoms in total. The molecule has 1 N–H and O–H groups in total. The minimum absolute atomic E-state index is 0.157. The minimum atomic E-state index is 0.157. The van der Waals surface area contributed by atoms with Crippen molar-refractivity contribution in [3.63, 3.8) is 0 Å². The van der Waals surface area contributed by atoms with Crippen molar-refractivity contribution in [2.24, 2.45) is 0 Å². The zero-order valence-electron chi connectivity index (χ0n) is 16.6. The standard InChI is InChI=1S/C23H23N5O/c1-15-11-22(17-3-4-18-14-24-26-23(18)12-17)25-21-6-5-19(13-20(15)21)28-9-7-27(8-10-28)16(2)29/h3-6,11-14H,7-10H2,1-2H3,(H,24,26). The van der Waals surface area contributed by atoms with Gasteiger partial charge in [0.2, 0.25) is 5.91 Å². The number of pyridine rings is 1. The van der Waals surface area contributed by atoms with E-state index in [9.17, 15) is 4.79 Å². The molecular weight excluding hydrogens is 362 g/mol. The molecule has 6 heteroatoms. The lowest BCUT2D eigenvalue weighted by Gasteiger charge is -2.35. The van der Waals surface area contributed by atoms with E-state index in [4.69, 9.17) is 4.98 Å². The first-order valence-electron chi connectivity index (χ1n) is 9.94. The van der Waals surface area contributed by atoms with Gasteiger partial charge in [-0.25, -0.2) is 4.98 Å². The highest BCUT2D eigenvalue weighted by Gasteiger charge is 2.19. The third-order valence-electron chi connectivity index (χ3n) is 5.83. The molecule has 1 aliphatic heterocycles. The Labute approximate surface area is 169 Å². The molecule has 2 aromatic heterocycles. The summed E-state index contributed by atoms with van der Waals surface area (Å²) in [5.41, 5.74) is 6.46. The number of carbonyl (C=O) groups is 1. The van der Waals surface area contributed by atoms with E-state index in [2.05, 4.69) is 64.5 Å².